The molecule has 5 nitrogen and oxygen atoms in total. The van der Waals surface area contributed by atoms with Crippen molar-refractivity contribution in [1.82, 2.24) is 0 Å². The summed E-state index contributed by atoms with van der Waals surface area (Å²) in [5.74, 6) is -0.553. The van der Waals surface area contributed by atoms with Crippen LogP contribution in [-0.4, -0.2) is 10.9 Å². The number of hydrogen-bond acceptors (Lipinski definition) is 5. The molecule has 1 aromatic carbocycles. The van der Waals surface area contributed by atoms with Crippen molar-refractivity contribution < 1.29 is 18.7 Å². The smallest absolute Gasteiger partial charge is 0.336 e. The third-order valence-corrected chi connectivity index (χ3v) is 3.06. The Morgan fingerprint density at radius 3 is 2.75 bits per heavy atom. The predicted molar refractivity (Wildman–Crippen MR) is 71.0 cm³/mol. The molecule has 5 heteroatoms. The van der Waals surface area contributed by atoms with Gasteiger partial charge in [0.15, 0.2) is 5.76 Å². The normalized spacial score (nSPS) is 10.8. The third-order valence-electron chi connectivity index (χ3n) is 3.06. The Labute approximate surface area is 113 Å². The Balaban J connectivity index is 2.25. The van der Waals surface area contributed by atoms with Crippen molar-refractivity contribution in [3.63, 3.8) is 0 Å². The lowest BCUT2D eigenvalue weighted by Gasteiger charge is -2.05. The van der Waals surface area contributed by atoms with Gasteiger partial charge in [-0.05, 0) is 30.7 Å². The van der Waals surface area contributed by atoms with Gasteiger partial charge < -0.3 is 13.9 Å². The summed E-state index contributed by atoms with van der Waals surface area (Å²) >= 11 is 0. The van der Waals surface area contributed by atoms with E-state index < -0.39 is 11.4 Å². The van der Waals surface area contributed by atoms with Crippen LogP contribution in [0.3, 0.4) is 0 Å². The maximum Gasteiger partial charge on any atom is 0.336 e. The number of rotatable bonds is 2. The van der Waals surface area contributed by atoms with Crippen LogP contribution in [0.5, 0.6) is 5.75 Å². The molecule has 2 heterocycles. The highest BCUT2D eigenvalue weighted by molar-refractivity contribution is 6.10. The molecule has 0 aliphatic rings. The number of furan rings is 1. The van der Waals surface area contributed by atoms with Crippen molar-refractivity contribution in [1.29, 1.82) is 0 Å². The molecule has 0 radical (unpaired) electrons. The Bertz CT molecular complexity index is 856. The molecule has 0 spiro atoms. The van der Waals surface area contributed by atoms with Crippen LogP contribution in [0.25, 0.3) is 11.0 Å². The second kappa shape index (κ2) is 4.38. The minimum Gasteiger partial charge on any atom is -0.507 e. The molecule has 1 N–H and O–H groups in total. The summed E-state index contributed by atoms with van der Waals surface area (Å²) in [6.07, 6.45) is 1.38. The minimum absolute atomic E-state index is 0.101. The average molecular weight is 270 g/mol. The van der Waals surface area contributed by atoms with Gasteiger partial charge in [0, 0.05) is 17.5 Å². The van der Waals surface area contributed by atoms with Crippen LogP contribution in [0, 0.1) is 6.92 Å². The molecule has 0 aliphatic carbocycles. The van der Waals surface area contributed by atoms with Crippen LogP contribution >= 0.6 is 0 Å². The number of carbonyl (C=O) groups is 1. The molecule has 3 aromatic rings. The first-order chi connectivity index (χ1) is 9.56. The maximum atomic E-state index is 12.2. The SMILES string of the molecule is Cc1cc(=O)oc2cc(O)c(C(=O)c3ccco3)cc12. The van der Waals surface area contributed by atoms with Gasteiger partial charge in [-0.2, -0.15) is 0 Å². The zero-order chi connectivity index (χ0) is 14.3. The van der Waals surface area contributed by atoms with Crippen LogP contribution in [0.1, 0.15) is 21.7 Å². The number of aryl methyl sites for hydroxylation is 1. The number of hydrogen-bond donors (Lipinski definition) is 1. The van der Waals surface area contributed by atoms with Crippen molar-refractivity contribution in [2.24, 2.45) is 0 Å². The number of aromatic hydroxyl groups is 1. The van der Waals surface area contributed by atoms with E-state index >= 15 is 0 Å². The molecule has 0 saturated carbocycles. The number of ketones is 1. The quantitative estimate of drug-likeness (QED) is 0.572. The topological polar surface area (TPSA) is 80.6 Å². The molecule has 0 bridgehead atoms. The molecule has 0 saturated heterocycles. The molecule has 0 aliphatic heterocycles. The fourth-order valence-corrected chi connectivity index (χ4v) is 2.08. The zero-order valence-corrected chi connectivity index (χ0v) is 10.5. The van der Waals surface area contributed by atoms with Crippen molar-refractivity contribution in [3.05, 3.63) is 63.9 Å². The lowest BCUT2D eigenvalue weighted by Crippen LogP contribution is -2.02. The molecule has 100 valence electrons. The molecular formula is C15H10O5. The number of benzene rings is 1. The second-order valence-electron chi connectivity index (χ2n) is 4.42. The van der Waals surface area contributed by atoms with Gasteiger partial charge in [0.1, 0.15) is 11.3 Å². The van der Waals surface area contributed by atoms with E-state index in [2.05, 4.69) is 0 Å². The fourth-order valence-electron chi connectivity index (χ4n) is 2.08. The van der Waals surface area contributed by atoms with Crippen molar-refractivity contribution in [2.75, 3.05) is 0 Å². The number of carbonyl (C=O) groups excluding carboxylic acids is 1. The van der Waals surface area contributed by atoms with Gasteiger partial charge >= 0.3 is 5.63 Å². The molecule has 0 fully saturated rings. The fraction of sp³-hybridized carbons (Fsp3) is 0.0667. The van der Waals surface area contributed by atoms with E-state index in [4.69, 9.17) is 8.83 Å². The number of phenols is 1. The molecule has 3 rings (SSSR count). The summed E-state index contributed by atoms with van der Waals surface area (Å²) in [6.45, 7) is 1.73. The Morgan fingerprint density at radius 1 is 1.25 bits per heavy atom. The predicted octanol–water partition coefficient (Wildman–Crippen LogP) is 2.63. The number of fused-ring (bicyclic) bond motifs is 1. The van der Waals surface area contributed by atoms with Gasteiger partial charge in [0.2, 0.25) is 5.78 Å². The van der Waals surface area contributed by atoms with Gasteiger partial charge in [-0.1, -0.05) is 0 Å². The van der Waals surface area contributed by atoms with Crippen LogP contribution in [0.2, 0.25) is 0 Å². The highest BCUT2D eigenvalue weighted by Crippen LogP contribution is 2.28. The highest BCUT2D eigenvalue weighted by Gasteiger charge is 2.18. The summed E-state index contributed by atoms with van der Waals surface area (Å²) < 4.78 is 10.0. The average Bonchev–Trinajstić information content (AvgIpc) is 2.90. The maximum absolute atomic E-state index is 12.2. The van der Waals surface area contributed by atoms with Crippen molar-refractivity contribution >= 4 is 16.8 Å². The minimum atomic E-state index is -0.500. The molecule has 2 aromatic heterocycles. The van der Waals surface area contributed by atoms with Gasteiger partial charge in [-0.25, -0.2) is 4.79 Å². The first-order valence-electron chi connectivity index (χ1n) is 5.92. The van der Waals surface area contributed by atoms with Gasteiger partial charge in [0.25, 0.3) is 0 Å². The summed E-state index contributed by atoms with van der Waals surface area (Å²) in [4.78, 5) is 23.5. The molecule has 0 unspecified atom stereocenters. The summed E-state index contributed by atoms with van der Waals surface area (Å²) in [5.41, 5.74) is 0.511. The van der Waals surface area contributed by atoms with E-state index in [1.807, 2.05) is 0 Å². The van der Waals surface area contributed by atoms with Crippen molar-refractivity contribution in [2.45, 2.75) is 6.92 Å². The van der Waals surface area contributed by atoms with Crippen LogP contribution in [-0.2, 0) is 0 Å². The summed E-state index contributed by atoms with van der Waals surface area (Å²) in [6, 6.07) is 7.20. The van der Waals surface area contributed by atoms with E-state index in [0.29, 0.717) is 10.9 Å². The Morgan fingerprint density at radius 2 is 2.05 bits per heavy atom. The molecule has 0 amide bonds. The largest absolute Gasteiger partial charge is 0.507 e. The Kier molecular flexibility index (Phi) is 2.68. The number of phenolic OH excluding ortho intramolecular Hbond substituents is 1. The third kappa shape index (κ3) is 1.89. The van der Waals surface area contributed by atoms with Crippen LogP contribution in [0.15, 0.2) is 50.2 Å². The van der Waals surface area contributed by atoms with E-state index in [1.54, 1.807) is 13.0 Å². The van der Waals surface area contributed by atoms with Crippen LogP contribution < -0.4 is 5.63 Å². The van der Waals surface area contributed by atoms with Crippen LogP contribution in [0.4, 0.5) is 0 Å². The molecule has 0 atom stereocenters. The monoisotopic (exact) mass is 270 g/mol. The van der Waals surface area contributed by atoms with E-state index in [9.17, 15) is 14.7 Å². The zero-order valence-electron chi connectivity index (χ0n) is 10.5. The van der Waals surface area contributed by atoms with Crippen molar-refractivity contribution in [3.8, 4) is 5.75 Å². The standard InChI is InChI=1S/C15H10O5/c1-8-5-14(17)20-13-7-11(16)10(6-9(8)13)15(18)12-3-2-4-19-12/h2-7,16H,1H3. The summed E-state index contributed by atoms with van der Waals surface area (Å²) in [5, 5.41) is 10.5. The first kappa shape index (κ1) is 12.2. The Hall–Kier alpha value is -2.82. The van der Waals surface area contributed by atoms with Gasteiger partial charge in [-0.3, -0.25) is 4.79 Å². The summed E-state index contributed by atoms with van der Waals surface area (Å²) in [7, 11) is 0. The lowest BCUT2D eigenvalue weighted by molar-refractivity contribution is 0.101. The van der Waals surface area contributed by atoms with E-state index in [0.717, 1.165) is 0 Å². The second-order valence-corrected chi connectivity index (χ2v) is 4.42. The molecule has 20 heavy (non-hydrogen) atoms. The molecular weight excluding hydrogens is 260 g/mol. The van der Waals surface area contributed by atoms with Gasteiger partial charge in [0.05, 0.1) is 11.8 Å². The first-order valence-corrected chi connectivity index (χ1v) is 5.92. The van der Waals surface area contributed by atoms with E-state index in [-0.39, 0.29) is 22.7 Å². The highest BCUT2D eigenvalue weighted by atomic mass is 16.4. The lowest BCUT2D eigenvalue weighted by atomic mass is 10.0. The van der Waals surface area contributed by atoms with Gasteiger partial charge in [-0.15, -0.1) is 0 Å². The van der Waals surface area contributed by atoms with E-state index in [1.165, 1.54) is 30.5 Å².